The molecule has 2 amide bonds. The summed E-state index contributed by atoms with van der Waals surface area (Å²) in [6.07, 6.45) is 1.95. The maximum absolute atomic E-state index is 12.4. The van der Waals surface area contributed by atoms with E-state index in [1.807, 2.05) is 30.3 Å². The number of rotatable bonds is 7. The van der Waals surface area contributed by atoms with Crippen molar-refractivity contribution < 1.29 is 19.5 Å². The van der Waals surface area contributed by atoms with Crippen LogP contribution in [0.25, 0.3) is 6.08 Å². The van der Waals surface area contributed by atoms with Gasteiger partial charge in [-0.15, -0.1) is 0 Å². The van der Waals surface area contributed by atoms with Crippen LogP contribution in [0.1, 0.15) is 25.3 Å². The zero-order chi connectivity index (χ0) is 18.4. The van der Waals surface area contributed by atoms with E-state index in [1.165, 1.54) is 16.7 Å². The van der Waals surface area contributed by atoms with Gasteiger partial charge in [0.15, 0.2) is 0 Å². The van der Waals surface area contributed by atoms with E-state index in [4.69, 9.17) is 12.2 Å². The maximum Gasteiger partial charge on any atom is 0.266 e. The lowest BCUT2D eigenvalue weighted by Crippen LogP contribution is -2.48. The molecule has 132 valence electrons. The molecule has 0 bridgehead atoms. The van der Waals surface area contributed by atoms with E-state index >= 15 is 0 Å². The molecule has 1 fully saturated rings. The van der Waals surface area contributed by atoms with Crippen molar-refractivity contribution in [3.05, 3.63) is 40.8 Å². The molecule has 0 aromatic heterocycles. The minimum atomic E-state index is -1.33. The van der Waals surface area contributed by atoms with E-state index in [0.717, 1.165) is 5.56 Å². The van der Waals surface area contributed by atoms with Crippen LogP contribution in [0.4, 0.5) is 0 Å². The van der Waals surface area contributed by atoms with Crippen molar-refractivity contribution in [1.29, 1.82) is 0 Å². The Morgan fingerprint density at radius 1 is 1.36 bits per heavy atom. The van der Waals surface area contributed by atoms with Gasteiger partial charge in [-0.1, -0.05) is 61.2 Å². The van der Waals surface area contributed by atoms with Crippen molar-refractivity contribution in [3.63, 3.8) is 0 Å². The average Bonchev–Trinajstić information content (AvgIpc) is 2.85. The number of aliphatic carboxylic acids is 1. The molecule has 6 nitrogen and oxygen atoms in total. The monoisotopic (exact) mass is 377 g/mol. The van der Waals surface area contributed by atoms with Crippen LogP contribution in [-0.2, 0) is 14.4 Å². The van der Waals surface area contributed by atoms with E-state index in [0.29, 0.717) is 9.23 Å². The summed E-state index contributed by atoms with van der Waals surface area (Å²) in [5.74, 6) is -2.04. The van der Waals surface area contributed by atoms with Gasteiger partial charge in [-0.25, -0.2) is 0 Å². The summed E-state index contributed by atoms with van der Waals surface area (Å²) in [7, 11) is 0. The van der Waals surface area contributed by atoms with Gasteiger partial charge in [0.25, 0.3) is 5.91 Å². The van der Waals surface area contributed by atoms with Gasteiger partial charge in [0.05, 0.1) is 16.9 Å². The standard InChI is InChI=1S/C17H18N2O4S2/c1-2-12(16(22)23)18-14(20)8-9-19-15(21)13(25-17(19)24)10-11-6-4-3-5-7-11/h3-7,10,12H,2,8-9H2,1H3,(H,18,20)(H,22,23)/p-1/b13-10+/t12-/m0/s1. The van der Waals surface area contributed by atoms with Crippen molar-refractivity contribution in [3.8, 4) is 0 Å². The highest BCUT2D eigenvalue weighted by Crippen LogP contribution is 2.32. The van der Waals surface area contributed by atoms with Crippen LogP contribution in [0.15, 0.2) is 35.2 Å². The minimum Gasteiger partial charge on any atom is -0.548 e. The number of nitrogens with zero attached hydrogens (tertiary/aromatic N) is 1. The second-order valence-corrected chi connectivity index (χ2v) is 7.02. The first-order valence-electron chi connectivity index (χ1n) is 7.73. The molecule has 1 aromatic rings. The maximum atomic E-state index is 12.4. The molecule has 0 spiro atoms. The fraction of sp³-hybridized carbons (Fsp3) is 0.294. The van der Waals surface area contributed by atoms with Gasteiger partial charge in [-0.05, 0) is 18.1 Å². The van der Waals surface area contributed by atoms with Gasteiger partial charge >= 0.3 is 0 Å². The summed E-state index contributed by atoms with van der Waals surface area (Å²) in [5.41, 5.74) is 0.889. The lowest BCUT2D eigenvalue weighted by atomic mass is 10.2. The Kier molecular flexibility index (Phi) is 6.72. The second-order valence-electron chi connectivity index (χ2n) is 5.34. The van der Waals surface area contributed by atoms with Crippen molar-refractivity contribution in [2.75, 3.05) is 6.54 Å². The number of carboxylic acids is 1. The van der Waals surface area contributed by atoms with Crippen LogP contribution in [0.3, 0.4) is 0 Å². The molecule has 0 radical (unpaired) electrons. The van der Waals surface area contributed by atoms with Gasteiger partial charge in [0.1, 0.15) is 4.32 Å². The number of hydrogen-bond acceptors (Lipinski definition) is 6. The summed E-state index contributed by atoms with van der Waals surface area (Å²) in [6.45, 7) is 1.74. The molecule has 0 saturated carbocycles. The van der Waals surface area contributed by atoms with Gasteiger partial charge in [-0.3, -0.25) is 14.5 Å². The molecule has 1 aliphatic rings. The highest BCUT2D eigenvalue weighted by molar-refractivity contribution is 8.26. The molecule has 1 aliphatic heterocycles. The molecular weight excluding hydrogens is 360 g/mol. The Morgan fingerprint density at radius 3 is 2.64 bits per heavy atom. The molecule has 25 heavy (non-hydrogen) atoms. The summed E-state index contributed by atoms with van der Waals surface area (Å²) >= 11 is 6.39. The number of thiocarbonyl (C=S) groups is 1. The van der Waals surface area contributed by atoms with Crippen LogP contribution in [0.2, 0.25) is 0 Å². The van der Waals surface area contributed by atoms with Crippen LogP contribution >= 0.6 is 24.0 Å². The first-order valence-corrected chi connectivity index (χ1v) is 8.95. The quantitative estimate of drug-likeness (QED) is 0.561. The predicted octanol–water partition coefficient (Wildman–Crippen LogP) is 0.923. The minimum absolute atomic E-state index is 0.0329. The molecular formula is C17H17N2O4S2-. The van der Waals surface area contributed by atoms with Gasteiger partial charge in [-0.2, -0.15) is 0 Å². The number of benzene rings is 1. The summed E-state index contributed by atoms with van der Waals surface area (Å²) in [4.78, 5) is 37.0. The Labute approximate surface area is 155 Å². The Morgan fingerprint density at radius 2 is 2.04 bits per heavy atom. The number of carboxylic acid groups (broad SMARTS) is 1. The summed E-state index contributed by atoms with van der Waals surface area (Å²) in [6, 6.07) is 8.36. The number of carbonyl (C=O) groups excluding carboxylic acids is 3. The molecule has 0 unspecified atom stereocenters. The number of hydrogen-bond donors (Lipinski definition) is 1. The van der Waals surface area contributed by atoms with Crippen LogP contribution in [-0.4, -0.2) is 39.6 Å². The first-order chi connectivity index (χ1) is 11.9. The summed E-state index contributed by atoms with van der Waals surface area (Å²) < 4.78 is 0.381. The van der Waals surface area contributed by atoms with Crippen molar-refractivity contribution in [1.82, 2.24) is 10.2 Å². The average molecular weight is 377 g/mol. The molecule has 1 saturated heterocycles. The molecule has 1 N–H and O–H groups in total. The molecule has 1 atom stereocenters. The largest absolute Gasteiger partial charge is 0.548 e. The lowest BCUT2D eigenvalue weighted by molar-refractivity contribution is -0.308. The topological polar surface area (TPSA) is 89.5 Å². The van der Waals surface area contributed by atoms with Crippen LogP contribution < -0.4 is 10.4 Å². The zero-order valence-electron chi connectivity index (χ0n) is 13.6. The second kappa shape index (κ2) is 8.77. The fourth-order valence-corrected chi connectivity index (χ4v) is 3.51. The number of amides is 2. The van der Waals surface area contributed by atoms with Crippen molar-refractivity contribution in [2.24, 2.45) is 0 Å². The van der Waals surface area contributed by atoms with E-state index < -0.39 is 17.9 Å². The third-order valence-electron chi connectivity index (χ3n) is 3.56. The van der Waals surface area contributed by atoms with Gasteiger partial charge < -0.3 is 15.2 Å². The normalized spacial score (nSPS) is 17.0. The lowest BCUT2D eigenvalue weighted by Gasteiger charge is -2.19. The van der Waals surface area contributed by atoms with Gasteiger partial charge in [0.2, 0.25) is 5.91 Å². The molecule has 0 aliphatic carbocycles. The van der Waals surface area contributed by atoms with Crippen molar-refractivity contribution in [2.45, 2.75) is 25.8 Å². The number of carbonyl (C=O) groups is 3. The van der Waals surface area contributed by atoms with E-state index in [1.54, 1.807) is 13.0 Å². The Hall–Kier alpha value is -2.19. The van der Waals surface area contributed by atoms with Crippen LogP contribution in [0, 0.1) is 0 Å². The smallest absolute Gasteiger partial charge is 0.266 e. The number of thioether (sulfide) groups is 1. The SMILES string of the molecule is CC[C@H](NC(=O)CCN1C(=O)/C(=C\c2ccccc2)SC1=S)C(=O)[O-]. The van der Waals surface area contributed by atoms with Crippen LogP contribution in [0.5, 0.6) is 0 Å². The third-order valence-corrected chi connectivity index (χ3v) is 4.94. The molecule has 1 heterocycles. The highest BCUT2D eigenvalue weighted by atomic mass is 32.2. The molecule has 8 heteroatoms. The third kappa shape index (κ3) is 5.14. The van der Waals surface area contributed by atoms with E-state index in [2.05, 4.69) is 5.32 Å². The van der Waals surface area contributed by atoms with Gasteiger partial charge in [0, 0.05) is 13.0 Å². The Balaban J connectivity index is 1.96. The Bertz CT molecular complexity index is 719. The number of nitrogens with one attached hydrogen (secondary N) is 1. The summed E-state index contributed by atoms with van der Waals surface area (Å²) in [5, 5.41) is 13.2. The highest BCUT2D eigenvalue weighted by Gasteiger charge is 2.32. The van der Waals surface area contributed by atoms with E-state index in [-0.39, 0.29) is 25.3 Å². The predicted molar refractivity (Wildman–Crippen MR) is 98.2 cm³/mol. The van der Waals surface area contributed by atoms with Crippen molar-refractivity contribution >= 4 is 52.2 Å². The van der Waals surface area contributed by atoms with E-state index in [9.17, 15) is 19.5 Å². The molecule has 2 rings (SSSR count). The molecule has 1 aromatic carbocycles. The first kappa shape index (κ1) is 19.1. The zero-order valence-corrected chi connectivity index (χ0v) is 15.2. The fourth-order valence-electron chi connectivity index (χ4n) is 2.20.